The van der Waals surface area contributed by atoms with Crippen LogP contribution in [-0.4, -0.2) is 64.9 Å². The number of ether oxygens (including phenoxy) is 1. The highest BCUT2D eigenvalue weighted by Gasteiger charge is 2.28. The first-order valence-electron chi connectivity index (χ1n) is 24.6. The van der Waals surface area contributed by atoms with Gasteiger partial charge in [-0.05, 0) is 89.9 Å². The van der Waals surface area contributed by atoms with E-state index in [-0.39, 0.29) is 12.8 Å². The van der Waals surface area contributed by atoms with Gasteiger partial charge in [-0.1, -0.05) is 176 Å². The molecule has 0 aliphatic heterocycles. The largest absolute Gasteiger partial charge is 0.480 e. The fourth-order valence-electron chi connectivity index (χ4n) is 6.37. The molecule has 0 rings (SSSR count). The Kier molecular flexibility index (Phi) is 43.8. The Morgan fingerprint density at radius 2 is 0.906 bits per heavy atom. The van der Waals surface area contributed by atoms with Gasteiger partial charge in [0.15, 0.2) is 6.04 Å². The van der Waals surface area contributed by atoms with Crippen molar-refractivity contribution in [2.75, 3.05) is 19.8 Å². The van der Waals surface area contributed by atoms with E-state index in [4.69, 9.17) is 13.8 Å². The number of carbonyl (C=O) groups excluding carboxylic acids is 2. The molecule has 0 fully saturated rings. The highest BCUT2D eigenvalue weighted by atomic mass is 31.2. The number of aliphatic hydroxyl groups is 1. The van der Waals surface area contributed by atoms with Crippen LogP contribution in [0.25, 0.3) is 0 Å². The van der Waals surface area contributed by atoms with Gasteiger partial charge < -0.3 is 25.2 Å². The number of unbranched alkanes of at least 4 members (excludes halogenated alkanes) is 17. The van der Waals surface area contributed by atoms with E-state index in [1.54, 1.807) is 0 Å². The van der Waals surface area contributed by atoms with Crippen LogP contribution in [0.3, 0.4) is 0 Å². The number of esters is 1. The summed E-state index contributed by atoms with van der Waals surface area (Å²) < 4.78 is 26.9. The third kappa shape index (κ3) is 45.2. The third-order valence-electron chi connectivity index (χ3n) is 10.2. The average molecular weight is 918 g/mol. The van der Waals surface area contributed by atoms with Gasteiger partial charge in [-0.15, -0.1) is 0 Å². The van der Waals surface area contributed by atoms with Gasteiger partial charge in [0.1, 0.15) is 12.7 Å². The van der Waals surface area contributed by atoms with E-state index < -0.39 is 57.6 Å². The molecule has 64 heavy (non-hydrogen) atoms. The second kappa shape index (κ2) is 46.2. The number of carboxylic acid groups (broad SMARTS) is 1. The van der Waals surface area contributed by atoms with Crippen LogP contribution in [0.4, 0.5) is 0 Å². The van der Waals surface area contributed by atoms with Crippen LogP contribution in [0.15, 0.2) is 85.1 Å². The molecule has 0 saturated heterocycles. The van der Waals surface area contributed by atoms with Crippen molar-refractivity contribution < 1.29 is 47.8 Å². The highest BCUT2D eigenvalue weighted by Crippen LogP contribution is 2.43. The Balaban J connectivity index is 3.92. The minimum absolute atomic E-state index is 0.135. The minimum Gasteiger partial charge on any atom is -0.480 e. The molecular weight excluding hydrogens is 830 g/mol. The summed E-state index contributed by atoms with van der Waals surface area (Å²) in [5.41, 5.74) is 0. The number of aliphatic hydroxyl groups excluding tert-OH is 1. The summed E-state index contributed by atoms with van der Waals surface area (Å²) in [5.74, 6) is -2.41. The van der Waals surface area contributed by atoms with Crippen molar-refractivity contribution in [3.8, 4) is 0 Å². The van der Waals surface area contributed by atoms with Gasteiger partial charge in [0.2, 0.25) is 5.91 Å². The molecule has 0 aliphatic rings. The van der Waals surface area contributed by atoms with Gasteiger partial charge in [-0.2, -0.15) is 0 Å². The number of nitrogens with one attached hydrogen (secondary N) is 1. The minimum atomic E-state index is -4.77. The van der Waals surface area contributed by atoms with Crippen molar-refractivity contribution in [3.63, 3.8) is 0 Å². The van der Waals surface area contributed by atoms with Crippen LogP contribution < -0.4 is 5.32 Å². The summed E-state index contributed by atoms with van der Waals surface area (Å²) >= 11 is 0. The lowest BCUT2D eigenvalue weighted by Crippen LogP contribution is -2.43. The molecule has 366 valence electrons. The number of carbonyl (C=O) groups is 3. The summed E-state index contributed by atoms with van der Waals surface area (Å²) in [6, 6.07) is -1.56. The molecule has 3 atom stereocenters. The molecule has 11 nitrogen and oxygen atoms in total. The monoisotopic (exact) mass is 918 g/mol. The Morgan fingerprint density at radius 3 is 1.38 bits per heavy atom. The predicted octanol–water partition coefficient (Wildman–Crippen LogP) is 13.4. The van der Waals surface area contributed by atoms with Crippen LogP contribution in [-0.2, 0) is 32.7 Å². The maximum Gasteiger partial charge on any atom is 0.472 e. The summed E-state index contributed by atoms with van der Waals surface area (Å²) in [5, 5.41) is 21.9. The van der Waals surface area contributed by atoms with Gasteiger partial charge in [-0.25, -0.2) is 9.36 Å². The van der Waals surface area contributed by atoms with Crippen LogP contribution in [0, 0.1) is 0 Å². The standard InChI is InChI=1S/C52H88NO10P/c1-3-5-7-9-11-13-15-17-19-21-22-23-24-25-26-28-30-32-34-36-38-40-42-44-51(56)61-45-48(54)46-62-64(59,60)63-47-49(52(57)58)53-50(55)43-41-39-37-35-33-31-29-27-20-18-16-14-12-10-8-6-4-2/h5,7,11,13,17-20,22-23,25-26,30,32,48-49,54H,3-4,6,8-10,12,14-16,21,24,27-29,31,33-47H2,1-2H3,(H,53,55)(H,57,58)(H,59,60)/b7-5-,13-11-,19-17-,20-18-,23-22-,26-25-,32-30-. The number of hydrogen-bond acceptors (Lipinski definition) is 8. The Morgan fingerprint density at radius 1 is 0.516 bits per heavy atom. The zero-order valence-corrected chi connectivity index (χ0v) is 40.7. The number of aliphatic carboxylic acids is 1. The second-order valence-electron chi connectivity index (χ2n) is 16.3. The molecule has 0 spiro atoms. The number of amides is 1. The number of hydrogen-bond donors (Lipinski definition) is 4. The first-order valence-corrected chi connectivity index (χ1v) is 26.1. The van der Waals surface area contributed by atoms with Gasteiger partial charge in [-0.3, -0.25) is 18.6 Å². The summed E-state index contributed by atoms with van der Waals surface area (Å²) in [4.78, 5) is 46.1. The van der Waals surface area contributed by atoms with Crippen LogP contribution >= 0.6 is 7.82 Å². The maximum atomic E-state index is 12.3. The van der Waals surface area contributed by atoms with E-state index in [0.717, 1.165) is 96.3 Å². The lowest BCUT2D eigenvalue weighted by Gasteiger charge is -2.18. The number of phosphoric ester groups is 1. The Labute approximate surface area is 388 Å². The fourth-order valence-corrected chi connectivity index (χ4v) is 7.14. The topological polar surface area (TPSA) is 169 Å². The number of carboxylic acids is 1. The average Bonchev–Trinajstić information content (AvgIpc) is 3.27. The zero-order valence-electron chi connectivity index (χ0n) is 39.8. The van der Waals surface area contributed by atoms with Crippen molar-refractivity contribution in [1.82, 2.24) is 5.32 Å². The first-order chi connectivity index (χ1) is 31.1. The summed E-state index contributed by atoms with van der Waals surface area (Å²) in [6.07, 6.45) is 57.4. The normalized spacial score (nSPS) is 14.3. The number of allylic oxidation sites excluding steroid dienone is 14. The molecule has 0 bridgehead atoms. The van der Waals surface area contributed by atoms with Crippen LogP contribution in [0.2, 0.25) is 0 Å². The molecule has 12 heteroatoms. The lowest BCUT2D eigenvalue weighted by atomic mass is 10.1. The van der Waals surface area contributed by atoms with E-state index in [2.05, 4.69) is 104 Å². The van der Waals surface area contributed by atoms with Gasteiger partial charge in [0.05, 0.1) is 13.2 Å². The third-order valence-corrected chi connectivity index (χ3v) is 11.1. The van der Waals surface area contributed by atoms with Crippen LogP contribution in [0.1, 0.15) is 194 Å². The van der Waals surface area contributed by atoms with Gasteiger partial charge in [0.25, 0.3) is 0 Å². The van der Waals surface area contributed by atoms with Crippen molar-refractivity contribution >= 4 is 25.7 Å². The van der Waals surface area contributed by atoms with E-state index >= 15 is 0 Å². The summed E-state index contributed by atoms with van der Waals surface area (Å²) in [7, 11) is -4.77. The molecule has 0 radical (unpaired) electrons. The molecular formula is C52H88NO10P. The van der Waals surface area contributed by atoms with Crippen molar-refractivity contribution in [2.45, 2.75) is 206 Å². The SMILES string of the molecule is CC/C=C\C/C=C\C/C=C\C/C=C\C/C=C\C/C=C\CCCCCCC(=O)OCC(O)COP(=O)(O)OCC(NC(=O)CCCCCCCCC/C=C\CCCCCCCC)C(=O)O. The van der Waals surface area contributed by atoms with Gasteiger partial charge >= 0.3 is 19.8 Å². The van der Waals surface area contributed by atoms with Crippen molar-refractivity contribution in [3.05, 3.63) is 85.1 Å². The highest BCUT2D eigenvalue weighted by molar-refractivity contribution is 7.47. The zero-order chi connectivity index (χ0) is 47.0. The summed E-state index contributed by atoms with van der Waals surface area (Å²) in [6.45, 7) is 2.45. The van der Waals surface area contributed by atoms with Crippen molar-refractivity contribution in [2.24, 2.45) is 0 Å². The van der Waals surface area contributed by atoms with Crippen LogP contribution in [0.5, 0.6) is 0 Å². The Hall–Kier alpha value is -3.34. The molecule has 1 amide bonds. The molecule has 0 saturated carbocycles. The molecule has 3 unspecified atom stereocenters. The number of rotatable bonds is 45. The molecule has 4 N–H and O–H groups in total. The molecule has 0 aromatic heterocycles. The van der Waals surface area contributed by atoms with Gasteiger partial charge in [0, 0.05) is 12.8 Å². The van der Waals surface area contributed by atoms with Crippen molar-refractivity contribution in [1.29, 1.82) is 0 Å². The smallest absolute Gasteiger partial charge is 0.472 e. The fraction of sp³-hybridized carbons (Fsp3) is 0.673. The molecule has 0 aromatic rings. The predicted molar refractivity (Wildman–Crippen MR) is 263 cm³/mol. The van der Waals surface area contributed by atoms with E-state index in [0.29, 0.717) is 12.8 Å². The maximum absolute atomic E-state index is 12.3. The molecule has 0 aliphatic carbocycles. The quantitative estimate of drug-likeness (QED) is 0.0200. The van der Waals surface area contributed by atoms with E-state index in [9.17, 15) is 34.1 Å². The Bertz CT molecular complexity index is 1400. The molecule has 0 aromatic carbocycles. The lowest BCUT2D eigenvalue weighted by molar-refractivity contribution is -0.147. The molecule has 0 heterocycles. The van der Waals surface area contributed by atoms with E-state index in [1.165, 1.54) is 57.8 Å². The second-order valence-corrected chi connectivity index (χ2v) is 17.7. The first kappa shape index (κ1) is 60.7. The number of phosphoric acid groups is 1. The van der Waals surface area contributed by atoms with E-state index in [1.807, 2.05) is 0 Å².